The Hall–Kier alpha value is -3.36. The number of thiophene rings is 1. The van der Waals surface area contributed by atoms with Gasteiger partial charge in [0.1, 0.15) is 22.7 Å². The topological polar surface area (TPSA) is 167 Å². The number of amides is 2. The van der Waals surface area contributed by atoms with Gasteiger partial charge in [0.25, 0.3) is 11.6 Å². The van der Waals surface area contributed by atoms with Crippen molar-refractivity contribution in [2.24, 2.45) is 0 Å². The van der Waals surface area contributed by atoms with Gasteiger partial charge in [0.05, 0.1) is 11.3 Å². The van der Waals surface area contributed by atoms with Crippen molar-refractivity contribution in [1.82, 2.24) is 10.2 Å². The predicted molar refractivity (Wildman–Crippen MR) is 128 cm³/mol. The average Bonchev–Trinajstić information content (AvgIpc) is 3.32. The Balaban J connectivity index is 1.47. The summed E-state index contributed by atoms with van der Waals surface area (Å²) in [5.74, 6) is -3.13. The molecule has 0 radical (unpaired) electrons. The van der Waals surface area contributed by atoms with Crippen LogP contribution < -0.4 is 5.32 Å². The number of rotatable bonds is 9. The van der Waals surface area contributed by atoms with Gasteiger partial charge in [-0.15, -0.1) is 34.9 Å². The van der Waals surface area contributed by atoms with Crippen LogP contribution in [0.15, 0.2) is 51.9 Å². The molecule has 2 aliphatic rings. The first-order chi connectivity index (χ1) is 16.7. The number of carboxylic acids is 2. The number of fused-ring (bicyclic) bond motifs is 1. The van der Waals surface area contributed by atoms with Crippen molar-refractivity contribution in [2.45, 2.75) is 22.7 Å². The molecule has 3 N–H and O–H groups in total. The zero-order valence-corrected chi connectivity index (χ0v) is 20.2. The third-order valence-corrected chi connectivity index (χ3v) is 8.59. The molecule has 0 unspecified atom stereocenters. The normalized spacial score (nSPS) is 19.1. The van der Waals surface area contributed by atoms with Gasteiger partial charge in [-0.1, -0.05) is 6.07 Å². The average molecular weight is 536 g/mol. The molecule has 35 heavy (non-hydrogen) atoms. The predicted octanol–water partition coefficient (Wildman–Crippen LogP) is 2.43. The monoisotopic (exact) mass is 535 g/mol. The largest absolute Gasteiger partial charge is 0.477 e. The maximum absolute atomic E-state index is 12.8. The van der Waals surface area contributed by atoms with E-state index < -0.39 is 45.4 Å². The highest BCUT2D eigenvalue weighted by Gasteiger charge is 2.54. The lowest BCUT2D eigenvalue weighted by molar-refractivity contribution is -0.385. The molecule has 4 rings (SSSR count). The Morgan fingerprint density at radius 3 is 2.63 bits per heavy atom. The summed E-state index contributed by atoms with van der Waals surface area (Å²) in [7, 11) is 0. The number of hydrogen-bond acceptors (Lipinski definition) is 9. The van der Waals surface area contributed by atoms with Gasteiger partial charge in [0.2, 0.25) is 5.91 Å². The smallest absolute Gasteiger partial charge is 0.352 e. The molecule has 1 aromatic carbocycles. The van der Waals surface area contributed by atoms with Crippen LogP contribution in [0.25, 0.3) is 0 Å². The van der Waals surface area contributed by atoms with Crippen molar-refractivity contribution in [1.29, 1.82) is 0 Å². The Morgan fingerprint density at radius 1 is 1.23 bits per heavy atom. The molecule has 0 saturated carbocycles. The summed E-state index contributed by atoms with van der Waals surface area (Å²) in [6, 6.07) is 6.47. The second kappa shape index (κ2) is 10.1. The minimum atomic E-state index is -1.45. The zero-order chi connectivity index (χ0) is 25.3. The van der Waals surface area contributed by atoms with Crippen molar-refractivity contribution in [3.8, 4) is 0 Å². The summed E-state index contributed by atoms with van der Waals surface area (Å²) in [4.78, 5) is 61.1. The molecule has 2 atom stereocenters. The van der Waals surface area contributed by atoms with Crippen LogP contribution in [-0.2, 0) is 20.8 Å². The van der Waals surface area contributed by atoms with E-state index in [1.807, 2.05) is 17.5 Å². The quantitative estimate of drug-likeness (QED) is 0.188. The first-order valence-corrected chi connectivity index (χ1v) is 12.9. The van der Waals surface area contributed by atoms with Gasteiger partial charge in [-0.2, -0.15) is 0 Å². The lowest BCUT2D eigenvalue weighted by Gasteiger charge is -2.49. The van der Waals surface area contributed by atoms with Crippen molar-refractivity contribution in [2.75, 3.05) is 11.5 Å². The highest BCUT2D eigenvalue weighted by molar-refractivity contribution is 8.01. The molecule has 182 valence electrons. The van der Waals surface area contributed by atoms with E-state index in [1.165, 1.54) is 40.1 Å². The molecule has 1 aromatic heterocycles. The summed E-state index contributed by atoms with van der Waals surface area (Å²) in [6.07, 6.45) is 0.135. The maximum atomic E-state index is 12.8. The number of nitrogens with one attached hydrogen (secondary N) is 1. The third-order valence-electron chi connectivity index (χ3n) is 5.29. The van der Waals surface area contributed by atoms with Gasteiger partial charge in [-0.05, 0) is 29.2 Å². The van der Waals surface area contributed by atoms with E-state index in [9.17, 15) is 39.5 Å². The molecular formula is C21H17N3O8S3. The van der Waals surface area contributed by atoms with Crippen molar-refractivity contribution in [3.05, 3.63) is 67.5 Å². The molecule has 0 spiro atoms. The van der Waals surface area contributed by atoms with Crippen LogP contribution >= 0.6 is 34.9 Å². The van der Waals surface area contributed by atoms with Crippen LogP contribution in [0.5, 0.6) is 0 Å². The summed E-state index contributed by atoms with van der Waals surface area (Å²) < 4.78 is 0. The lowest BCUT2D eigenvalue weighted by Crippen LogP contribution is -2.70. The number of nitrogens with zero attached hydrogens (tertiary/aromatic N) is 2. The Bertz CT molecular complexity index is 1260. The summed E-state index contributed by atoms with van der Waals surface area (Å²) in [5.41, 5.74) is -0.711. The third kappa shape index (κ3) is 5.04. The van der Waals surface area contributed by atoms with E-state index in [0.29, 0.717) is 16.2 Å². The fourth-order valence-corrected chi connectivity index (χ4v) is 6.82. The molecule has 3 heterocycles. The molecule has 14 heteroatoms. The molecule has 2 aromatic rings. The van der Waals surface area contributed by atoms with E-state index in [1.54, 1.807) is 0 Å². The van der Waals surface area contributed by atoms with Crippen LogP contribution in [0.2, 0.25) is 0 Å². The minimum Gasteiger partial charge on any atom is -0.477 e. The van der Waals surface area contributed by atoms with Crippen molar-refractivity contribution in [3.63, 3.8) is 0 Å². The number of β-lactam (4-membered cyclic amide) rings is 1. The number of nitro benzene ring substituents is 1. The summed E-state index contributed by atoms with van der Waals surface area (Å²) >= 11 is 3.87. The van der Waals surface area contributed by atoms with Gasteiger partial charge >= 0.3 is 11.9 Å². The van der Waals surface area contributed by atoms with Crippen molar-refractivity contribution >= 4 is 64.3 Å². The first-order valence-electron chi connectivity index (χ1n) is 10.0. The number of aromatic carboxylic acids is 1. The molecule has 2 amide bonds. The highest BCUT2D eigenvalue weighted by Crippen LogP contribution is 2.42. The second-order valence-electron chi connectivity index (χ2n) is 7.50. The van der Waals surface area contributed by atoms with Crippen LogP contribution in [0, 0.1) is 10.1 Å². The number of nitro groups is 1. The number of carboxylic acid groups (broad SMARTS) is 2. The number of carbonyl (C=O) groups excluding carboxylic acids is 2. The van der Waals surface area contributed by atoms with Gasteiger partial charge < -0.3 is 15.5 Å². The first kappa shape index (κ1) is 24.8. The second-order valence-corrected chi connectivity index (χ2v) is 10.7. The van der Waals surface area contributed by atoms with Gasteiger partial charge in [0.15, 0.2) is 0 Å². The fraction of sp³-hybridized carbons (Fsp3) is 0.238. The van der Waals surface area contributed by atoms with Gasteiger partial charge in [-0.3, -0.25) is 24.6 Å². The number of hydrogen-bond donors (Lipinski definition) is 3. The Kier molecular flexibility index (Phi) is 7.14. The number of benzene rings is 1. The van der Waals surface area contributed by atoms with Gasteiger partial charge in [-0.25, -0.2) is 9.59 Å². The number of carbonyl (C=O) groups is 4. The minimum absolute atomic E-state index is 0.135. The molecule has 1 fully saturated rings. The van der Waals surface area contributed by atoms with E-state index in [0.717, 1.165) is 22.7 Å². The van der Waals surface area contributed by atoms with Crippen LogP contribution in [0.4, 0.5) is 5.69 Å². The molecule has 1 saturated heterocycles. The summed E-state index contributed by atoms with van der Waals surface area (Å²) in [6.45, 7) is 0. The van der Waals surface area contributed by atoms with Crippen molar-refractivity contribution < 1.29 is 34.3 Å². The van der Waals surface area contributed by atoms with E-state index >= 15 is 0 Å². The van der Waals surface area contributed by atoms with Crippen LogP contribution in [0.1, 0.15) is 15.2 Å². The van der Waals surface area contributed by atoms with E-state index in [-0.39, 0.29) is 23.8 Å². The highest BCUT2D eigenvalue weighted by atomic mass is 32.2. The van der Waals surface area contributed by atoms with E-state index in [2.05, 4.69) is 5.32 Å². The number of aliphatic carboxylic acids is 1. The Morgan fingerprint density at radius 2 is 2.00 bits per heavy atom. The maximum Gasteiger partial charge on any atom is 0.352 e. The lowest BCUT2D eigenvalue weighted by atomic mass is 10.0. The Labute approximate surface area is 210 Å². The molecule has 2 aliphatic heterocycles. The number of thioether (sulfide) groups is 2. The van der Waals surface area contributed by atoms with Crippen LogP contribution in [0.3, 0.4) is 0 Å². The molecular weight excluding hydrogens is 518 g/mol. The van der Waals surface area contributed by atoms with Crippen LogP contribution in [-0.4, -0.2) is 66.7 Å². The summed E-state index contributed by atoms with van der Waals surface area (Å²) in [5, 5.41) is 34.1. The standard InChI is InChI=1S/C21H17N3O8S3/c25-15(7-11-2-1-5-33-11)22-16-18(26)23-17(21(29)30)10(9-35-19(16)23)8-34-12-3-4-14(24(31)32)13(6-12)20(27)28/h1-6,16,19H,7-9H2,(H,22,25)(H,27,28)(H,29,30)/t16-,19+/m1/s1. The SMILES string of the molecule is O=C(Cc1cccs1)N[C@@H]1C(=O)N2C(C(=O)O)=C(CSc3ccc([N+](=O)[O-])c(C(=O)O)c3)CS[C@@H]12. The fourth-order valence-electron chi connectivity index (χ4n) is 3.70. The zero-order valence-electron chi connectivity index (χ0n) is 17.7. The molecule has 11 nitrogen and oxygen atoms in total. The van der Waals surface area contributed by atoms with Gasteiger partial charge in [0, 0.05) is 27.3 Å². The molecule has 0 bridgehead atoms. The molecule has 0 aliphatic carbocycles. The van der Waals surface area contributed by atoms with E-state index in [4.69, 9.17) is 0 Å².